The number of carbonyl (C=O) groups is 2. The van der Waals surface area contributed by atoms with Crippen LogP contribution < -0.4 is 5.73 Å². The minimum absolute atomic E-state index is 0.0360. The Balaban J connectivity index is 5.04. The second kappa shape index (κ2) is 13.5. The van der Waals surface area contributed by atoms with Gasteiger partial charge in [0.2, 0.25) is 0 Å². The molecule has 0 rings (SSSR count). The van der Waals surface area contributed by atoms with Gasteiger partial charge in [0.05, 0.1) is 19.6 Å². The molecule has 0 spiro atoms. The van der Waals surface area contributed by atoms with Crippen molar-refractivity contribution in [1.29, 1.82) is 0 Å². The van der Waals surface area contributed by atoms with Crippen LogP contribution in [0.4, 0.5) is 4.79 Å². The fourth-order valence-electron chi connectivity index (χ4n) is 3.48. The SMILES string of the molecule is CC(C)CN(C)C(=O)O[C@H](COC(=O)CC(C)(C)CC(C)(C)C)COP(=O)(O)OCCN. The van der Waals surface area contributed by atoms with E-state index in [2.05, 4.69) is 25.3 Å². The van der Waals surface area contributed by atoms with Crippen LogP contribution in [0.25, 0.3) is 0 Å². The number of ether oxygens (including phenoxy) is 2. The molecule has 190 valence electrons. The minimum Gasteiger partial charge on any atom is -0.462 e. The molecule has 0 aromatic carbocycles. The van der Waals surface area contributed by atoms with Gasteiger partial charge in [-0.2, -0.15) is 0 Å². The largest absolute Gasteiger partial charge is 0.472 e. The number of hydrogen-bond donors (Lipinski definition) is 2. The maximum absolute atomic E-state index is 12.4. The Morgan fingerprint density at radius 2 is 1.69 bits per heavy atom. The van der Waals surface area contributed by atoms with E-state index >= 15 is 0 Å². The highest BCUT2D eigenvalue weighted by molar-refractivity contribution is 7.47. The van der Waals surface area contributed by atoms with Crippen LogP contribution in [0, 0.1) is 16.7 Å². The van der Waals surface area contributed by atoms with Crippen LogP contribution in [-0.4, -0.2) is 67.9 Å². The molecule has 32 heavy (non-hydrogen) atoms. The van der Waals surface area contributed by atoms with Crippen molar-refractivity contribution in [2.75, 3.05) is 40.0 Å². The van der Waals surface area contributed by atoms with Crippen molar-refractivity contribution >= 4 is 19.9 Å². The molecule has 0 fully saturated rings. The third-order valence-electron chi connectivity index (χ3n) is 4.08. The maximum atomic E-state index is 12.4. The van der Waals surface area contributed by atoms with Gasteiger partial charge in [0.1, 0.15) is 6.61 Å². The number of esters is 1. The number of nitrogens with zero attached hydrogens (tertiary/aromatic N) is 1. The molecule has 0 aromatic rings. The summed E-state index contributed by atoms with van der Waals surface area (Å²) in [6, 6.07) is 0. The number of nitrogens with two attached hydrogens (primary N) is 1. The van der Waals surface area contributed by atoms with E-state index in [4.69, 9.17) is 19.7 Å². The maximum Gasteiger partial charge on any atom is 0.472 e. The second-order valence-electron chi connectivity index (χ2n) is 10.4. The molecule has 1 amide bonds. The number of amides is 1. The smallest absolute Gasteiger partial charge is 0.462 e. The van der Waals surface area contributed by atoms with Gasteiger partial charge in [-0.3, -0.25) is 13.8 Å². The highest BCUT2D eigenvalue weighted by Crippen LogP contribution is 2.43. The number of phosphoric ester groups is 1. The molecule has 0 aliphatic heterocycles. The van der Waals surface area contributed by atoms with Crippen molar-refractivity contribution in [3.05, 3.63) is 0 Å². The van der Waals surface area contributed by atoms with Crippen LogP contribution in [-0.2, 0) is 27.9 Å². The van der Waals surface area contributed by atoms with Crippen LogP contribution >= 0.6 is 7.82 Å². The highest BCUT2D eigenvalue weighted by Gasteiger charge is 2.30. The summed E-state index contributed by atoms with van der Waals surface area (Å²) in [6.07, 6.45) is -0.763. The standard InChI is InChI=1S/C21H43N2O8P/c1-16(2)12-23(8)19(25)31-17(14-30-32(26,27)29-10-9-22)13-28-18(24)11-21(6,7)15-20(3,4)5/h16-17H,9-15,22H2,1-8H3,(H,26,27)/t17-/m1/s1. The van der Waals surface area contributed by atoms with Crippen molar-refractivity contribution in [2.45, 2.75) is 67.4 Å². The monoisotopic (exact) mass is 482 g/mol. The van der Waals surface area contributed by atoms with E-state index in [0.29, 0.717) is 6.54 Å². The van der Waals surface area contributed by atoms with Crippen molar-refractivity contribution < 1.29 is 37.6 Å². The Labute approximate surface area is 192 Å². The molecule has 0 heterocycles. The van der Waals surface area contributed by atoms with E-state index in [9.17, 15) is 19.0 Å². The van der Waals surface area contributed by atoms with Crippen molar-refractivity contribution in [3.63, 3.8) is 0 Å². The Morgan fingerprint density at radius 3 is 2.19 bits per heavy atom. The summed E-state index contributed by atoms with van der Waals surface area (Å²) < 4.78 is 32.1. The lowest BCUT2D eigenvalue weighted by atomic mass is 9.74. The summed E-state index contributed by atoms with van der Waals surface area (Å²) in [7, 11) is -2.81. The van der Waals surface area contributed by atoms with Gasteiger partial charge >= 0.3 is 19.9 Å². The van der Waals surface area contributed by atoms with E-state index in [-0.39, 0.29) is 42.9 Å². The number of rotatable bonds is 14. The van der Waals surface area contributed by atoms with Crippen LogP contribution in [0.5, 0.6) is 0 Å². The average molecular weight is 483 g/mol. The lowest BCUT2D eigenvalue weighted by molar-refractivity contribution is -0.150. The zero-order valence-corrected chi connectivity index (χ0v) is 21.8. The summed E-state index contributed by atoms with van der Waals surface area (Å²) in [6.45, 7) is 13.7. The van der Waals surface area contributed by atoms with E-state index < -0.39 is 32.6 Å². The summed E-state index contributed by atoms with van der Waals surface area (Å²) in [5, 5.41) is 0. The molecule has 11 heteroatoms. The molecular formula is C21H43N2O8P. The Bertz CT molecular complexity index is 634. The average Bonchev–Trinajstić information content (AvgIpc) is 2.59. The van der Waals surface area contributed by atoms with Crippen LogP contribution in [0.15, 0.2) is 0 Å². The Kier molecular flexibility index (Phi) is 13.0. The van der Waals surface area contributed by atoms with Crippen molar-refractivity contribution in [1.82, 2.24) is 4.90 Å². The molecule has 0 saturated heterocycles. The molecule has 0 aromatic heterocycles. The molecule has 1 unspecified atom stereocenters. The molecule has 10 nitrogen and oxygen atoms in total. The van der Waals surface area contributed by atoms with E-state index in [1.165, 1.54) is 4.90 Å². The number of carbonyl (C=O) groups excluding carboxylic acids is 2. The van der Waals surface area contributed by atoms with Crippen LogP contribution in [0.2, 0.25) is 0 Å². The minimum atomic E-state index is -4.38. The third-order valence-corrected chi connectivity index (χ3v) is 5.06. The summed E-state index contributed by atoms with van der Waals surface area (Å²) in [5.41, 5.74) is 5.01. The molecular weight excluding hydrogens is 439 g/mol. The lowest BCUT2D eigenvalue weighted by Crippen LogP contribution is -2.37. The first kappa shape index (κ1) is 30.8. The van der Waals surface area contributed by atoms with Gasteiger partial charge in [-0.05, 0) is 23.2 Å². The van der Waals surface area contributed by atoms with Gasteiger partial charge in [0, 0.05) is 20.1 Å². The first-order chi connectivity index (χ1) is 14.5. The van der Waals surface area contributed by atoms with Gasteiger partial charge in [-0.25, -0.2) is 9.36 Å². The molecule has 0 saturated carbocycles. The molecule has 2 atom stereocenters. The first-order valence-corrected chi connectivity index (χ1v) is 12.4. The highest BCUT2D eigenvalue weighted by atomic mass is 31.2. The lowest BCUT2D eigenvalue weighted by Gasteiger charge is -2.31. The van der Waals surface area contributed by atoms with Crippen molar-refractivity contribution in [3.8, 4) is 0 Å². The second-order valence-corrected chi connectivity index (χ2v) is 11.9. The zero-order chi connectivity index (χ0) is 25.2. The Hall–Kier alpha value is -1.19. The molecule has 0 bridgehead atoms. The third kappa shape index (κ3) is 15.6. The zero-order valence-electron chi connectivity index (χ0n) is 20.9. The predicted octanol–water partition coefficient (Wildman–Crippen LogP) is 3.57. The van der Waals surface area contributed by atoms with E-state index in [1.807, 2.05) is 27.7 Å². The quantitative estimate of drug-likeness (QED) is 0.281. The number of phosphoric acid groups is 1. The fraction of sp³-hybridized carbons (Fsp3) is 0.905. The van der Waals surface area contributed by atoms with Gasteiger partial charge < -0.3 is 25.0 Å². The normalized spacial score (nSPS) is 15.2. The molecule has 0 aliphatic rings. The van der Waals surface area contributed by atoms with E-state index in [1.54, 1.807) is 7.05 Å². The van der Waals surface area contributed by atoms with Crippen LogP contribution in [0.3, 0.4) is 0 Å². The van der Waals surface area contributed by atoms with Gasteiger partial charge in [0.15, 0.2) is 6.10 Å². The fourth-order valence-corrected chi connectivity index (χ4v) is 4.24. The Morgan fingerprint density at radius 1 is 1.09 bits per heavy atom. The molecule has 3 N–H and O–H groups in total. The van der Waals surface area contributed by atoms with Gasteiger partial charge in [0.25, 0.3) is 0 Å². The predicted molar refractivity (Wildman–Crippen MR) is 122 cm³/mol. The van der Waals surface area contributed by atoms with Crippen LogP contribution in [0.1, 0.15) is 61.3 Å². The molecule has 0 radical (unpaired) electrons. The summed E-state index contributed by atoms with van der Waals surface area (Å²) in [4.78, 5) is 35.8. The van der Waals surface area contributed by atoms with E-state index in [0.717, 1.165) is 6.42 Å². The summed E-state index contributed by atoms with van der Waals surface area (Å²) in [5.74, 6) is -0.241. The summed E-state index contributed by atoms with van der Waals surface area (Å²) >= 11 is 0. The molecule has 0 aliphatic carbocycles. The van der Waals surface area contributed by atoms with Crippen molar-refractivity contribution in [2.24, 2.45) is 22.5 Å². The van der Waals surface area contributed by atoms with Gasteiger partial charge in [-0.15, -0.1) is 0 Å². The first-order valence-electron chi connectivity index (χ1n) is 10.9. The topological polar surface area (TPSA) is 138 Å². The van der Waals surface area contributed by atoms with Gasteiger partial charge in [-0.1, -0.05) is 48.5 Å². The number of hydrogen-bond acceptors (Lipinski definition) is 8.